The van der Waals surface area contributed by atoms with Gasteiger partial charge in [-0.25, -0.2) is 0 Å². The Morgan fingerprint density at radius 3 is 2.43 bits per heavy atom. The topological polar surface area (TPSA) is 24.9 Å². The van der Waals surface area contributed by atoms with Crippen molar-refractivity contribution < 1.29 is 24.7 Å². The molecule has 0 unspecified atom stereocenters. The first-order chi connectivity index (χ1) is 19.7. The maximum Gasteiger partial charge on any atom is 3.00 e. The van der Waals surface area contributed by atoms with Gasteiger partial charge < -0.3 is 19.0 Å². The van der Waals surface area contributed by atoms with Gasteiger partial charge in [0, 0.05) is 11.9 Å². The van der Waals surface area contributed by atoms with Crippen LogP contribution < -0.4 is 9.47 Å². The summed E-state index contributed by atoms with van der Waals surface area (Å²) in [5.74, 6) is 0. The minimum Gasteiger partial charge on any atom is -0.407 e. The first kappa shape index (κ1) is 30.2. The first-order valence-corrected chi connectivity index (χ1v) is 14.9. The van der Waals surface area contributed by atoms with Crippen LogP contribution in [0.2, 0.25) is 0 Å². The minimum atomic E-state index is 0. The molecule has 0 saturated heterocycles. The first-order valence-electron chi connectivity index (χ1n) is 14.9. The van der Waals surface area contributed by atoms with Crippen molar-refractivity contribution in [1.82, 2.24) is 9.55 Å². The number of aryl methyl sites for hydroxylation is 1. The molecule has 0 amide bonds. The molecule has 3 heterocycles. The van der Waals surface area contributed by atoms with Crippen LogP contribution in [0.4, 0.5) is 11.4 Å². The van der Waals surface area contributed by atoms with Gasteiger partial charge in [0.15, 0.2) is 0 Å². The van der Waals surface area contributed by atoms with Gasteiger partial charge in [-0.1, -0.05) is 82.8 Å². The van der Waals surface area contributed by atoms with E-state index in [0.717, 1.165) is 23.5 Å². The third-order valence-electron chi connectivity index (χ3n) is 8.88. The van der Waals surface area contributed by atoms with Gasteiger partial charge in [0.05, 0.1) is 17.6 Å². The maximum atomic E-state index is 4.22. The van der Waals surface area contributed by atoms with Gasteiger partial charge in [0.2, 0.25) is 6.33 Å². The predicted molar refractivity (Wildman–Crippen MR) is 168 cm³/mol. The van der Waals surface area contributed by atoms with Gasteiger partial charge in [0.25, 0.3) is 0 Å². The number of hydrogen-bond donors (Lipinski definition) is 0. The van der Waals surface area contributed by atoms with E-state index >= 15 is 0 Å². The molecule has 0 N–H and O–H groups in total. The van der Waals surface area contributed by atoms with Crippen molar-refractivity contribution in [2.24, 2.45) is 0 Å². The van der Waals surface area contributed by atoms with E-state index < -0.39 is 0 Å². The average molecular weight is 733 g/mol. The monoisotopic (exact) mass is 733 g/mol. The number of imidazole rings is 1. The Morgan fingerprint density at radius 2 is 1.71 bits per heavy atom. The van der Waals surface area contributed by atoms with E-state index in [1.54, 1.807) is 6.20 Å². The number of anilines is 2. The smallest absolute Gasteiger partial charge is 0.407 e. The van der Waals surface area contributed by atoms with E-state index in [2.05, 4.69) is 103 Å². The molecular weight excluding hydrogens is 693 g/mol. The molecular formula is C37H40IrN4+. The van der Waals surface area contributed by atoms with Crippen LogP contribution in [0.5, 0.6) is 0 Å². The van der Waals surface area contributed by atoms with Crippen molar-refractivity contribution in [2.45, 2.75) is 77.7 Å². The number of fused-ring (bicyclic) bond motifs is 3. The number of nitrogens with zero attached hydrogens (tertiary/aromatic N) is 4. The van der Waals surface area contributed by atoms with Gasteiger partial charge in [-0.15, -0.1) is 41.5 Å². The summed E-state index contributed by atoms with van der Waals surface area (Å²) in [6, 6.07) is 29.8. The van der Waals surface area contributed by atoms with Crippen molar-refractivity contribution in [3.8, 4) is 16.9 Å². The summed E-state index contributed by atoms with van der Waals surface area (Å²) in [4.78, 5) is 6.57. The fourth-order valence-electron chi connectivity index (χ4n) is 6.22. The fourth-order valence-corrected chi connectivity index (χ4v) is 6.22. The molecule has 5 heteroatoms. The summed E-state index contributed by atoms with van der Waals surface area (Å²) in [6.07, 6.45) is 10.2. The number of hydrogen-bond acceptors (Lipinski definition) is 2. The minimum absolute atomic E-state index is 0. The number of pyridine rings is 1. The Hall–Kier alpha value is -3.27. The molecule has 1 aliphatic carbocycles. The molecule has 0 atom stereocenters. The quantitative estimate of drug-likeness (QED) is 0.137. The number of para-hydroxylation sites is 1. The summed E-state index contributed by atoms with van der Waals surface area (Å²) in [5.41, 5.74) is 11.3. The summed E-state index contributed by atoms with van der Waals surface area (Å²) in [5, 5.41) is 0. The second-order valence-electron chi connectivity index (χ2n) is 12.7. The Bertz CT molecular complexity index is 1650. The standard InChI is InChI=1S/C26H32N3.C11H8N.Ir/c1-7-8-14-28-17-29-23-16-19-18(25(2,3)12-13-26(19,4)5)15-22(23)27(6)20-10-9-11-21(28)24(20)29;1-2-6-10(7-3-1)11-8-4-5-9-12-11;/h9-11,15H,7-8,12-14H2,1-6H3;1-6,8-9H;/q2*-1;+3. The van der Waals surface area contributed by atoms with Crippen LogP contribution >= 0.6 is 0 Å². The van der Waals surface area contributed by atoms with Crippen LogP contribution in [0, 0.1) is 18.5 Å². The molecule has 0 spiro atoms. The van der Waals surface area contributed by atoms with Crippen molar-refractivity contribution in [2.75, 3.05) is 11.9 Å². The van der Waals surface area contributed by atoms with E-state index in [1.807, 2.05) is 42.5 Å². The summed E-state index contributed by atoms with van der Waals surface area (Å²) < 4.78 is 4.57. The Balaban J connectivity index is 0.000000228. The van der Waals surface area contributed by atoms with Gasteiger partial charge >= 0.3 is 20.1 Å². The zero-order chi connectivity index (χ0) is 28.8. The largest absolute Gasteiger partial charge is 3.00 e. The Labute approximate surface area is 264 Å². The van der Waals surface area contributed by atoms with E-state index in [-0.39, 0.29) is 30.9 Å². The van der Waals surface area contributed by atoms with Crippen LogP contribution in [0.1, 0.15) is 71.4 Å². The molecule has 0 fully saturated rings. The second-order valence-corrected chi connectivity index (χ2v) is 12.7. The molecule has 0 saturated carbocycles. The number of unbranched alkanes of at least 4 members (excludes halogenated alkanes) is 1. The summed E-state index contributed by atoms with van der Waals surface area (Å²) in [6.45, 7) is 12.8. The fraction of sp³-hybridized carbons (Fsp3) is 0.351. The van der Waals surface area contributed by atoms with E-state index in [0.29, 0.717) is 0 Å². The van der Waals surface area contributed by atoms with E-state index in [1.165, 1.54) is 59.2 Å². The molecule has 42 heavy (non-hydrogen) atoms. The molecule has 2 aliphatic rings. The van der Waals surface area contributed by atoms with Gasteiger partial charge in [-0.3, -0.25) is 0 Å². The SMILES string of the molecule is CCCCn1[c-][n+]2c3c(cccc31)N(C)c1cc3c([c-]c1-2)C(C)(C)CCC3(C)C.[Ir+3].[c-]1ccccc1-c1ccccn1. The van der Waals surface area contributed by atoms with E-state index in [9.17, 15) is 0 Å². The number of benzene rings is 3. The van der Waals surface area contributed by atoms with Crippen molar-refractivity contribution in [3.63, 3.8) is 0 Å². The van der Waals surface area contributed by atoms with Gasteiger partial charge in [-0.05, 0) is 48.8 Å². The zero-order valence-corrected chi connectivity index (χ0v) is 28.0. The maximum absolute atomic E-state index is 4.22. The number of aromatic nitrogens is 3. The van der Waals surface area contributed by atoms with Gasteiger partial charge in [-0.2, -0.15) is 17.7 Å². The molecule has 216 valence electrons. The third kappa shape index (κ3) is 5.34. The zero-order valence-electron chi connectivity index (χ0n) is 25.6. The molecule has 0 bridgehead atoms. The van der Waals surface area contributed by atoms with Crippen molar-refractivity contribution in [1.29, 1.82) is 0 Å². The molecule has 1 aliphatic heterocycles. The van der Waals surface area contributed by atoms with Crippen LogP contribution in [0.15, 0.2) is 72.9 Å². The molecule has 4 nitrogen and oxygen atoms in total. The third-order valence-corrected chi connectivity index (χ3v) is 8.88. The van der Waals surface area contributed by atoms with Gasteiger partial charge in [0.1, 0.15) is 0 Å². The van der Waals surface area contributed by atoms with Crippen LogP contribution in [-0.2, 0) is 37.5 Å². The summed E-state index contributed by atoms with van der Waals surface area (Å²) >= 11 is 0. The molecule has 0 radical (unpaired) electrons. The average Bonchev–Trinajstić information content (AvgIpc) is 3.37. The van der Waals surface area contributed by atoms with Crippen LogP contribution in [0.25, 0.3) is 28.0 Å². The molecule has 5 aromatic rings. The molecule has 2 aromatic heterocycles. The van der Waals surface area contributed by atoms with E-state index in [4.69, 9.17) is 0 Å². The molecule has 3 aromatic carbocycles. The summed E-state index contributed by atoms with van der Waals surface area (Å²) in [7, 11) is 2.20. The normalized spacial score (nSPS) is 15.6. The number of rotatable bonds is 4. The Morgan fingerprint density at radius 1 is 0.929 bits per heavy atom. The van der Waals surface area contributed by atoms with Crippen LogP contribution in [-0.4, -0.2) is 16.6 Å². The molecule has 7 rings (SSSR count). The van der Waals surface area contributed by atoms with Crippen molar-refractivity contribution >= 4 is 22.4 Å². The van der Waals surface area contributed by atoms with Crippen LogP contribution in [0.3, 0.4) is 0 Å². The second kappa shape index (κ2) is 11.8. The van der Waals surface area contributed by atoms with Crippen molar-refractivity contribution in [3.05, 3.63) is 103 Å². The Kier molecular flexibility index (Phi) is 8.47. The predicted octanol–water partition coefficient (Wildman–Crippen LogP) is 8.30.